The van der Waals surface area contributed by atoms with E-state index < -0.39 is 0 Å². The van der Waals surface area contributed by atoms with Gasteiger partial charge in [0.15, 0.2) is 0 Å². The van der Waals surface area contributed by atoms with Crippen LogP contribution >= 0.6 is 0 Å². The third kappa shape index (κ3) is 3.09. The topological polar surface area (TPSA) is 50.1 Å². The quantitative estimate of drug-likeness (QED) is 0.731. The van der Waals surface area contributed by atoms with E-state index in [1.54, 1.807) is 6.07 Å². The summed E-state index contributed by atoms with van der Waals surface area (Å²) in [5.74, 6) is -0.201. The number of rotatable bonds is 3. The summed E-state index contributed by atoms with van der Waals surface area (Å²) in [6, 6.07) is 9.45. The van der Waals surface area contributed by atoms with Crippen molar-refractivity contribution in [3.05, 3.63) is 35.4 Å². The summed E-state index contributed by atoms with van der Waals surface area (Å²) in [5, 5.41) is 8.79. The zero-order valence-electron chi connectivity index (χ0n) is 9.73. The highest BCUT2D eigenvalue weighted by Gasteiger charge is 2.17. The molecule has 1 aromatic rings. The number of esters is 1. The summed E-state index contributed by atoms with van der Waals surface area (Å²) >= 11 is 0. The monoisotopic (exact) mass is 217 g/mol. The Morgan fingerprint density at radius 3 is 2.69 bits per heavy atom. The van der Waals surface area contributed by atoms with Crippen molar-refractivity contribution in [3.8, 4) is 6.07 Å². The van der Waals surface area contributed by atoms with Crippen LogP contribution in [0, 0.1) is 11.3 Å². The summed E-state index contributed by atoms with van der Waals surface area (Å²) in [6.45, 7) is 5.23. The molecule has 0 spiro atoms. The van der Waals surface area contributed by atoms with Crippen LogP contribution < -0.4 is 0 Å². The van der Waals surface area contributed by atoms with Gasteiger partial charge in [-0.15, -0.1) is 0 Å². The number of nitriles is 1. The van der Waals surface area contributed by atoms with Gasteiger partial charge in [0.25, 0.3) is 0 Å². The number of carbonyl (C=O) groups excluding carboxylic acids is 1. The summed E-state index contributed by atoms with van der Waals surface area (Å²) in [7, 11) is 0. The first kappa shape index (κ1) is 12.3. The van der Waals surface area contributed by atoms with Crippen molar-refractivity contribution in [2.24, 2.45) is 0 Å². The molecular formula is C13H15NO2. The van der Waals surface area contributed by atoms with Gasteiger partial charge in [-0.1, -0.05) is 19.1 Å². The molecule has 0 saturated heterocycles. The average Bonchev–Trinajstić information content (AvgIpc) is 2.27. The maximum absolute atomic E-state index is 10.8. The van der Waals surface area contributed by atoms with E-state index in [0.29, 0.717) is 5.56 Å². The van der Waals surface area contributed by atoms with E-state index in [-0.39, 0.29) is 18.0 Å². The van der Waals surface area contributed by atoms with E-state index in [0.717, 1.165) is 5.56 Å². The number of benzene rings is 1. The molecule has 1 aromatic carbocycles. The molecule has 16 heavy (non-hydrogen) atoms. The lowest BCUT2D eigenvalue weighted by Gasteiger charge is -2.20. The van der Waals surface area contributed by atoms with E-state index in [1.807, 2.05) is 32.0 Å². The fourth-order valence-corrected chi connectivity index (χ4v) is 1.53. The lowest BCUT2D eigenvalue weighted by molar-refractivity contribution is -0.146. The molecule has 1 rings (SSSR count). The minimum absolute atomic E-state index is 0.0807. The van der Waals surface area contributed by atoms with Crippen LogP contribution in [-0.4, -0.2) is 12.1 Å². The predicted octanol–water partition coefficient (Wildman–Crippen LogP) is 2.61. The van der Waals surface area contributed by atoms with Crippen LogP contribution in [0.5, 0.6) is 0 Å². The molecule has 0 radical (unpaired) electrons. The van der Waals surface area contributed by atoms with Crippen LogP contribution in [0.25, 0.3) is 0 Å². The van der Waals surface area contributed by atoms with Crippen LogP contribution in [0.1, 0.15) is 37.8 Å². The Kier molecular flexibility index (Phi) is 4.07. The molecule has 0 aliphatic heterocycles. The van der Waals surface area contributed by atoms with Gasteiger partial charge in [0, 0.05) is 12.8 Å². The van der Waals surface area contributed by atoms with Gasteiger partial charge in [-0.25, -0.2) is 0 Å². The fraction of sp³-hybridized carbons (Fsp3) is 0.385. The van der Waals surface area contributed by atoms with Crippen LogP contribution in [-0.2, 0) is 9.53 Å². The number of ether oxygens (including phenoxy) is 1. The van der Waals surface area contributed by atoms with Gasteiger partial charge in [-0.05, 0) is 24.6 Å². The Morgan fingerprint density at radius 2 is 2.12 bits per heavy atom. The molecule has 84 valence electrons. The summed E-state index contributed by atoms with van der Waals surface area (Å²) in [6.07, 6.45) is -0.188. The molecule has 0 unspecified atom stereocenters. The number of hydrogen-bond donors (Lipinski definition) is 0. The smallest absolute Gasteiger partial charge is 0.302 e. The van der Waals surface area contributed by atoms with Crippen molar-refractivity contribution in [2.45, 2.75) is 32.8 Å². The molecule has 0 aliphatic carbocycles. The minimum atomic E-state index is -0.282. The second-order valence-corrected chi connectivity index (χ2v) is 3.84. The molecule has 0 heterocycles. The Balaban J connectivity index is 2.83. The highest BCUT2D eigenvalue weighted by atomic mass is 16.5. The molecule has 0 fully saturated rings. The Morgan fingerprint density at radius 1 is 1.44 bits per heavy atom. The van der Waals surface area contributed by atoms with E-state index in [4.69, 9.17) is 10.00 Å². The third-order valence-electron chi connectivity index (χ3n) is 2.60. The van der Waals surface area contributed by atoms with Crippen molar-refractivity contribution in [1.82, 2.24) is 0 Å². The molecule has 3 heteroatoms. The van der Waals surface area contributed by atoms with E-state index >= 15 is 0 Å². The largest absolute Gasteiger partial charge is 0.462 e. The summed E-state index contributed by atoms with van der Waals surface area (Å²) < 4.78 is 5.12. The summed E-state index contributed by atoms with van der Waals surface area (Å²) in [4.78, 5) is 10.8. The van der Waals surface area contributed by atoms with Gasteiger partial charge < -0.3 is 4.74 Å². The van der Waals surface area contributed by atoms with Crippen LogP contribution in [0.3, 0.4) is 0 Å². The highest BCUT2D eigenvalue weighted by Crippen LogP contribution is 2.22. The molecule has 0 aromatic heterocycles. The second-order valence-electron chi connectivity index (χ2n) is 3.84. The first-order valence-electron chi connectivity index (χ1n) is 5.22. The van der Waals surface area contributed by atoms with Gasteiger partial charge in [-0.3, -0.25) is 4.79 Å². The lowest BCUT2D eigenvalue weighted by atomic mass is 9.95. The molecule has 0 amide bonds. The lowest BCUT2D eigenvalue weighted by Crippen LogP contribution is -2.19. The van der Waals surface area contributed by atoms with E-state index in [9.17, 15) is 4.79 Å². The Hall–Kier alpha value is -1.82. The first-order chi connectivity index (χ1) is 7.54. The van der Waals surface area contributed by atoms with Gasteiger partial charge in [0.05, 0.1) is 11.6 Å². The van der Waals surface area contributed by atoms with Crippen LogP contribution in [0.4, 0.5) is 0 Å². The summed E-state index contributed by atoms with van der Waals surface area (Å²) in [5.41, 5.74) is 1.63. The molecule has 2 atom stereocenters. The highest BCUT2D eigenvalue weighted by molar-refractivity contribution is 5.66. The Bertz CT molecular complexity index is 420. The number of carbonyl (C=O) groups is 1. The van der Waals surface area contributed by atoms with Crippen molar-refractivity contribution < 1.29 is 9.53 Å². The van der Waals surface area contributed by atoms with E-state index in [2.05, 4.69) is 6.07 Å². The van der Waals surface area contributed by atoms with E-state index in [1.165, 1.54) is 6.92 Å². The van der Waals surface area contributed by atoms with Crippen LogP contribution in [0.2, 0.25) is 0 Å². The standard InChI is InChI=1S/C13H15NO2/c1-9(10(2)16-11(3)15)13-6-4-5-12(7-13)8-14/h4-7,9-10H,1-3H3/t9-,10-/m0/s1. The normalized spacial score (nSPS) is 13.6. The third-order valence-corrected chi connectivity index (χ3v) is 2.60. The van der Waals surface area contributed by atoms with Crippen molar-refractivity contribution in [3.63, 3.8) is 0 Å². The molecule has 3 nitrogen and oxygen atoms in total. The zero-order chi connectivity index (χ0) is 12.1. The molecular weight excluding hydrogens is 202 g/mol. The zero-order valence-corrected chi connectivity index (χ0v) is 9.73. The Labute approximate surface area is 95.7 Å². The number of hydrogen-bond acceptors (Lipinski definition) is 3. The van der Waals surface area contributed by atoms with Crippen molar-refractivity contribution in [1.29, 1.82) is 5.26 Å². The van der Waals surface area contributed by atoms with Gasteiger partial charge in [0.1, 0.15) is 6.10 Å². The molecule has 0 bridgehead atoms. The van der Waals surface area contributed by atoms with Gasteiger partial charge in [0.2, 0.25) is 0 Å². The maximum Gasteiger partial charge on any atom is 0.302 e. The average molecular weight is 217 g/mol. The maximum atomic E-state index is 10.8. The van der Waals surface area contributed by atoms with Gasteiger partial charge in [-0.2, -0.15) is 5.26 Å². The molecule has 0 N–H and O–H groups in total. The SMILES string of the molecule is CC(=O)O[C@@H](C)[C@H](C)c1cccc(C#N)c1. The molecule has 0 saturated carbocycles. The predicted molar refractivity (Wildman–Crippen MR) is 60.8 cm³/mol. The molecule has 0 aliphatic rings. The minimum Gasteiger partial charge on any atom is -0.462 e. The fourth-order valence-electron chi connectivity index (χ4n) is 1.53. The van der Waals surface area contributed by atoms with Crippen molar-refractivity contribution >= 4 is 5.97 Å². The van der Waals surface area contributed by atoms with Crippen molar-refractivity contribution in [2.75, 3.05) is 0 Å². The second kappa shape index (κ2) is 5.32. The van der Waals surface area contributed by atoms with Crippen LogP contribution in [0.15, 0.2) is 24.3 Å². The first-order valence-corrected chi connectivity index (χ1v) is 5.22. The number of nitrogens with zero attached hydrogens (tertiary/aromatic N) is 1. The van der Waals surface area contributed by atoms with Gasteiger partial charge >= 0.3 is 5.97 Å².